The zero-order chi connectivity index (χ0) is 27.6. The van der Waals surface area contributed by atoms with Crippen LogP contribution in [0.15, 0.2) is 72.6 Å². The molecule has 1 fully saturated rings. The molecule has 2 aromatic carbocycles. The van der Waals surface area contributed by atoms with Gasteiger partial charge in [-0.1, -0.05) is 26.0 Å². The number of amides is 1. The number of hydrogen-bond donors (Lipinski definition) is 1. The molecule has 1 unspecified atom stereocenters. The fourth-order valence-corrected chi connectivity index (χ4v) is 4.15. The Kier molecular flexibility index (Phi) is 7.43. The van der Waals surface area contributed by atoms with E-state index in [0.717, 1.165) is 17.0 Å². The molecule has 10 heteroatoms. The Bertz CT molecular complexity index is 1390. The zero-order valence-electron chi connectivity index (χ0n) is 20.8. The van der Waals surface area contributed by atoms with Crippen molar-refractivity contribution < 1.29 is 37.3 Å². The van der Waals surface area contributed by atoms with Crippen LogP contribution in [0.25, 0.3) is 5.76 Å². The first-order valence-corrected chi connectivity index (χ1v) is 11.8. The molecule has 0 spiro atoms. The summed E-state index contributed by atoms with van der Waals surface area (Å²) in [6.07, 6.45) is -2.04. The Balaban J connectivity index is 1.82. The maximum Gasteiger partial charge on any atom is 0.573 e. The number of benzene rings is 2. The molecule has 2 heterocycles. The van der Waals surface area contributed by atoms with E-state index in [1.54, 1.807) is 37.3 Å². The van der Waals surface area contributed by atoms with E-state index in [1.807, 2.05) is 13.8 Å². The molecule has 0 saturated carbocycles. The Hall–Kier alpha value is -4.34. The summed E-state index contributed by atoms with van der Waals surface area (Å²) in [5.74, 6) is -2.08. The third-order valence-electron chi connectivity index (χ3n) is 5.79. The molecule has 1 amide bonds. The van der Waals surface area contributed by atoms with E-state index in [4.69, 9.17) is 4.74 Å². The number of carbonyl (C=O) groups is 2. The molecular formula is C28H25F3N2O5. The monoisotopic (exact) mass is 526 g/mol. The van der Waals surface area contributed by atoms with Gasteiger partial charge >= 0.3 is 6.36 Å². The standard InChI is InChI=1S/C28H25F3N2O5/c1-16(2)15-37-22-10-9-18(12-17(22)3)25(34)23-24(19-6-5-11-32-14-19)33(27(36)26(23)35)20-7-4-8-21(13-20)38-28(29,30)31/h4-14,16,24,34H,15H2,1-3H3/b25-23+. The smallest absolute Gasteiger partial charge is 0.507 e. The van der Waals surface area contributed by atoms with Crippen LogP contribution in [0.3, 0.4) is 0 Å². The molecule has 1 saturated heterocycles. The number of aliphatic hydroxyl groups excluding tert-OH is 1. The van der Waals surface area contributed by atoms with Gasteiger partial charge in [0.25, 0.3) is 11.7 Å². The van der Waals surface area contributed by atoms with Gasteiger partial charge in [-0.15, -0.1) is 13.2 Å². The number of ketones is 1. The Morgan fingerprint density at radius 1 is 1.11 bits per heavy atom. The van der Waals surface area contributed by atoms with Gasteiger partial charge in [-0.3, -0.25) is 19.5 Å². The maximum atomic E-state index is 13.3. The van der Waals surface area contributed by atoms with Gasteiger partial charge in [-0.05, 0) is 60.4 Å². The van der Waals surface area contributed by atoms with Crippen LogP contribution in [0.2, 0.25) is 0 Å². The second kappa shape index (κ2) is 10.6. The lowest BCUT2D eigenvalue weighted by Gasteiger charge is -2.25. The number of ether oxygens (including phenoxy) is 2. The number of rotatable bonds is 7. The summed E-state index contributed by atoms with van der Waals surface area (Å²) >= 11 is 0. The summed E-state index contributed by atoms with van der Waals surface area (Å²) in [5.41, 5.74) is 1.12. The van der Waals surface area contributed by atoms with Crippen molar-refractivity contribution >= 4 is 23.1 Å². The number of anilines is 1. The number of alkyl halides is 3. The number of hydrogen-bond acceptors (Lipinski definition) is 6. The van der Waals surface area contributed by atoms with Crippen molar-refractivity contribution in [3.05, 3.63) is 89.3 Å². The SMILES string of the molecule is Cc1cc(/C(O)=C2\C(=O)C(=O)N(c3cccc(OC(F)(F)F)c3)C2c2cccnc2)ccc1OCC(C)C. The van der Waals surface area contributed by atoms with E-state index < -0.39 is 35.6 Å². The fraction of sp³-hybridized carbons (Fsp3) is 0.250. The summed E-state index contributed by atoms with van der Waals surface area (Å²) in [7, 11) is 0. The molecule has 0 bridgehead atoms. The molecule has 1 aliphatic heterocycles. The number of aliphatic hydroxyl groups is 1. The van der Waals surface area contributed by atoms with Crippen molar-refractivity contribution in [1.29, 1.82) is 0 Å². The van der Waals surface area contributed by atoms with Crippen LogP contribution in [-0.4, -0.2) is 34.8 Å². The number of Topliss-reactive ketones (excluding diaryl/α,β-unsaturated/α-hetero) is 1. The fourth-order valence-electron chi connectivity index (χ4n) is 4.15. The van der Waals surface area contributed by atoms with Crippen molar-refractivity contribution in [1.82, 2.24) is 4.98 Å². The molecule has 1 atom stereocenters. The second-order valence-corrected chi connectivity index (χ2v) is 9.19. The average Bonchev–Trinajstić information content (AvgIpc) is 3.12. The number of aromatic nitrogens is 1. The summed E-state index contributed by atoms with van der Waals surface area (Å²) in [6, 6.07) is 11.7. The third-order valence-corrected chi connectivity index (χ3v) is 5.79. The van der Waals surface area contributed by atoms with Gasteiger partial charge in [0, 0.05) is 29.7 Å². The van der Waals surface area contributed by atoms with E-state index in [-0.39, 0.29) is 16.8 Å². The van der Waals surface area contributed by atoms with Gasteiger partial charge < -0.3 is 14.6 Å². The lowest BCUT2D eigenvalue weighted by Crippen LogP contribution is -2.29. The first-order chi connectivity index (χ1) is 18.0. The number of pyridine rings is 1. The van der Waals surface area contributed by atoms with Crippen LogP contribution in [0, 0.1) is 12.8 Å². The molecular weight excluding hydrogens is 501 g/mol. The topological polar surface area (TPSA) is 89.0 Å². The van der Waals surface area contributed by atoms with Crippen molar-refractivity contribution in [3.8, 4) is 11.5 Å². The van der Waals surface area contributed by atoms with Crippen molar-refractivity contribution in [2.45, 2.75) is 33.2 Å². The Morgan fingerprint density at radius 3 is 2.50 bits per heavy atom. The third kappa shape index (κ3) is 5.64. The summed E-state index contributed by atoms with van der Waals surface area (Å²) in [5, 5.41) is 11.3. The highest BCUT2D eigenvalue weighted by molar-refractivity contribution is 6.51. The zero-order valence-corrected chi connectivity index (χ0v) is 20.8. The molecule has 38 heavy (non-hydrogen) atoms. The number of carbonyl (C=O) groups excluding carboxylic acids is 2. The predicted molar refractivity (Wildman–Crippen MR) is 134 cm³/mol. The number of aryl methyl sites for hydroxylation is 1. The quantitative estimate of drug-likeness (QED) is 0.233. The largest absolute Gasteiger partial charge is 0.573 e. The van der Waals surface area contributed by atoms with Crippen LogP contribution in [0.5, 0.6) is 11.5 Å². The molecule has 198 valence electrons. The molecule has 4 rings (SSSR count). The minimum Gasteiger partial charge on any atom is -0.507 e. The van der Waals surface area contributed by atoms with Crippen LogP contribution < -0.4 is 14.4 Å². The average molecular weight is 527 g/mol. The summed E-state index contributed by atoms with van der Waals surface area (Å²) < 4.78 is 48.2. The lowest BCUT2D eigenvalue weighted by atomic mass is 9.95. The van der Waals surface area contributed by atoms with Crippen molar-refractivity contribution in [3.63, 3.8) is 0 Å². The highest BCUT2D eigenvalue weighted by atomic mass is 19.4. The second-order valence-electron chi connectivity index (χ2n) is 9.19. The number of halogens is 3. The van der Waals surface area contributed by atoms with Gasteiger partial charge in [-0.25, -0.2) is 0 Å². The first kappa shape index (κ1) is 26.7. The van der Waals surface area contributed by atoms with Gasteiger partial charge in [0.15, 0.2) is 0 Å². The van der Waals surface area contributed by atoms with Crippen molar-refractivity contribution in [2.75, 3.05) is 11.5 Å². The number of nitrogens with zero attached hydrogens (tertiary/aromatic N) is 2. The Labute approximate surface area is 217 Å². The minimum absolute atomic E-state index is 0.0182. The maximum absolute atomic E-state index is 13.3. The van der Waals surface area contributed by atoms with Crippen LogP contribution >= 0.6 is 0 Å². The lowest BCUT2D eigenvalue weighted by molar-refractivity contribution is -0.274. The van der Waals surface area contributed by atoms with E-state index in [0.29, 0.717) is 29.4 Å². The normalized spacial score (nSPS) is 17.2. The molecule has 1 aliphatic rings. The van der Waals surface area contributed by atoms with Gasteiger partial charge in [0.2, 0.25) is 0 Å². The van der Waals surface area contributed by atoms with Crippen LogP contribution in [0.4, 0.5) is 18.9 Å². The van der Waals surface area contributed by atoms with E-state index in [2.05, 4.69) is 9.72 Å². The molecule has 1 N–H and O–H groups in total. The van der Waals surface area contributed by atoms with Crippen LogP contribution in [-0.2, 0) is 9.59 Å². The highest BCUT2D eigenvalue weighted by Gasteiger charge is 2.47. The molecule has 0 aliphatic carbocycles. The molecule has 1 aromatic heterocycles. The van der Waals surface area contributed by atoms with E-state index >= 15 is 0 Å². The molecule has 7 nitrogen and oxygen atoms in total. The van der Waals surface area contributed by atoms with Gasteiger partial charge in [-0.2, -0.15) is 0 Å². The Morgan fingerprint density at radius 2 is 1.87 bits per heavy atom. The minimum atomic E-state index is -4.95. The van der Waals surface area contributed by atoms with Gasteiger partial charge in [0.1, 0.15) is 17.3 Å². The molecule has 3 aromatic rings. The van der Waals surface area contributed by atoms with E-state index in [9.17, 15) is 27.9 Å². The van der Waals surface area contributed by atoms with E-state index in [1.165, 1.54) is 24.5 Å². The highest BCUT2D eigenvalue weighted by Crippen LogP contribution is 2.43. The van der Waals surface area contributed by atoms with Crippen molar-refractivity contribution in [2.24, 2.45) is 5.92 Å². The first-order valence-electron chi connectivity index (χ1n) is 11.8. The summed E-state index contributed by atoms with van der Waals surface area (Å²) in [4.78, 5) is 31.6. The van der Waals surface area contributed by atoms with Crippen LogP contribution in [0.1, 0.15) is 36.6 Å². The van der Waals surface area contributed by atoms with Gasteiger partial charge in [0.05, 0.1) is 18.2 Å². The predicted octanol–water partition coefficient (Wildman–Crippen LogP) is 5.95. The summed E-state index contributed by atoms with van der Waals surface area (Å²) in [6.45, 7) is 6.31. The molecule has 0 radical (unpaired) electrons.